The third kappa shape index (κ3) is 1.08. The fourth-order valence-electron chi connectivity index (χ4n) is 1.56. The van der Waals surface area contributed by atoms with Gasteiger partial charge in [-0.25, -0.2) is 4.98 Å². The van der Waals surface area contributed by atoms with Crippen molar-refractivity contribution in [1.29, 1.82) is 0 Å². The number of para-hydroxylation sites is 1. The fraction of sp³-hybridized carbons (Fsp3) is 0.300. The molecule has 0 fully saturated rings. The van der Waals surface area contributed by atoms with Crippen LogP contribution in [0.2, 0.25) is 0 Å². The molecule has 0 unspecified atom stereocenters. The van der Waals surface area contributed by atoms with E-state index in [0.717, 1.165) is 17.8 Å². The highest BCUT2D eigenvalue weighted by Crippen LogP contribution is 2.23. The molecule has 0 radical (unpaired) electrons. The number of aromatic nitrogens is 2. The summed E-state index contributed by atoms with van der Waals surface area (Å²) in [6.07, 6.45) is 0.880. The van der Waals surface area contributed by atoms with Crippen molar-refractivity contribution < 1.29 is 5.11 Å². The van der Waals surface area contributed by atoms with Crippen LogP contribution in [0.5, 0.6) is 5.75 Å². The van der Waals surface area contributed by atoms with Crippen molar-refractivity contribution in [3.8, 4) is 5.75 Å². The maximum Gasteiger partial charge on any atom is 0.143 e. The Kier molecular flexibility index (Phi) is 1.72. The number of imidazole rings is 1. The maximum atomic E-state index is 9.53. The standard InChI is InChI=1S/C10H12N2O/c1-3-9-11-10-7(12(9)2)5-4-6-8(10)13/h4-6,13H,3H2,1-2H3. The van der Waals surface area contributed by atoms with Gasteiger partial charge in [-0.15, -0.1) is 0 Å². The van der Waals surface area contributed by atoms with E-state index in [-0.39, 0.29) is 5.75 Å². The molecule has 1 N–H and O–H groups in total. The lowest BCUT2D eigenvalue weighted by Crippen LogP contribution is -1.94. The van der Waals surface area contributed by atoms with Crippen molar-refractivity contribution in [3.05, 3.63) is 24.0 Å². The Morgan fingerprint density at radius 1 is 1.46 bits per heavy atom. The Hall–Kier alpha value is -1.51. The van der Waals surface area contributed by atoms with Gasteiger partial charge in [0.15, 0.2) is 0 Å². The Bertz CT molecular complexity index is 445. The first kappa shape index (κ1) is 8.10. The molecule has 13 heavy (non-hydrogen) atoms. The Balaban J connectivity index is 2.83. The third-order valence-corrected chi connectivity index (χ3v) is 2.30. The average Bonchev–Trinajstić information content (AvgIpc) is 2.45. The van der Waals surface area contributed by atoms with Crippen molar-refractivity contribution in [2.75, 3.05) is 0 Å². The van der Waals surface area contributed by atoms with E-state index >= 15 is 0 Å². The van der Waals surface area contributed by atoms with Crippen molar-refractivity contribution in [2.45, 2.75) is 13.3 Å². The van der Waals surface area contributed by atoms with Crippen LogP contribution < -0.4 is 0 Å². The van der Waals surface area contributed by atoms with Gasteiger partial charge in [0.25, 0.3) is 0 Å². The molecule has 0 aliphatic carbocycles. The molecule has 1 aromatic carbocycles. The normalized spacial score (nSPS) is 10.9. The Morgan fingerprint density at radius 3 is 2.85 bits per heavy atom. The first-order chi connectivity index (χ1) is 6.24. The highest BCUT2D eigenvalue weighted by atomic mass is 16.3. The van der Waals surface area contributed by atoms with E-state index in [0.29, 0.717) is 5.52 Å². The number of benzene rings is 1. The smallest absolute Gasteiger partial charge is 0.143 e. The molecular weight excluding hydrogens is 164 g/mol. The summed E-state index contributed by atoms with van der Waals surface area (Å²) in [6, 6.07) is 5.45. The molecule has 1 aromatic heterocycles. The second-order valence-corrected chi connectivity index (χ2v) is 3.09. The molecule has 0 saturated heterocycles. The highest BCUT2D eigenvalue weighted by Gasteiger charge is 2.08. The molecule has 2 rings (SSSR count). The molecule has 0 aliphatic rings. The largest absolute Gasteiger partial charge is 0.506 e. The van der Waals surface area contributed by atoms with Gasteiger partial charge in [0.05, 0.1) is 5.52 Å². The molecule has 0 saturated carbocycles. The number of phenols is 1. The van der Waals surface area contributed by atoms with Crippen molar-refractivity contribution in [2.24, 2.45) is 7.05 Å². The molecule has 2 aromatic rings. The molecule has 68 valence electrons. The van der Waals surface area contributed by atoms with E-state index in [2.05, 4.69) is 11.9 Å². The number of hydrogen-bond acceptors (Lipinski definition) is 2. The van der Waals surface area contributed by atoms with Gasteiger partial charge < -0.3 is 9.67 Å². The van der Waals surface area contributed by atoms with Crippen molar-refractivity contribution >= 4 is 11.0 Å². The van der Waals surface area contributed by atoms with E-state index in [9.17, 15) is 5.11 Å². The van der Waals surface area contributed by atoms with Crippen molar-refractivity contribution in [1.82, 2.24) is 9.55 Å². The summed E-state index contributed by atoms with van der Waals surface area (Å²) < 4.78 is 2.01. The first-order valence-corrected chi connectivity index (χ1v) is 4.37. The summed E-state index contributed by atoms with van der Waals surface area (Å²) in [7, 11) is 1.97. The second-order valence-electron chi connectivity index (χ2n) is 3.09. The van der Waals surface area contributed by atoms with Crippen LogP contribution in [0, 0.1) is 0 Å². The lowest BCUT2D eigenvalue weighted by Gasteiger charge is -1.97. The van der Waals surface area contributed by atoms with Gasteiger partial charge in [0.2, 0.25) is 0 Å². The number of hydrogen-bond donors (Lipinski definition) is 1. The van der Waals surface area contributed by atoms with Crippen molar-refractivity contribution in [3.63, 3.8) is 0 Å². The second kappa shape index (κ2) is 2.76. The maximum absolute atomic E-state index is 9.53. The van der Waals surface area contributed by atoms with Gasteiger partial charge in [0.1, 0.15) is 17.1 Å². The fourth-order valence-corrected chi connectivity index (χ4v) is 1.56. The molecular formula is C10H12N2O. The summed E-state index contributed by atoms with van der Waals surface area (Å²) in [4.78, 5) is 4.34. The van der Waals surface area contributed by atoms with Crippen LogP contribution in [0.15, 0.2) is 18.2 Å². The quantitative estimate of drug-likeness (QED) is 0.720. The summed E-state index contributed by atoms with van der Waals surface area (Å²) in [6.45, 7) is 2.05. The van der Waals surface area contributed by atoms with E-state index in [1.807, 2.05) is 23.7 Å². The number of fused-ring (bicyclic) bond motifs is 1. The van der Waals surface area contributed by atoms with Gasteiger partial charge in [-0.3, -0.25) is 0 Å². The number of aryl methyl sites for hydroxylation is 2. The monoisotopic (exact) mass is 176 g/mol. The SMILES string of the molecule is CCc1nc2c(O)cccc2n1C. The zero-order valence-corrected chi connectivity index (χ0v) is 7.78. The van der Waals surface area contributed by atoms with Gasteiger partial charge >= 0.3 is 0 Å². The Labute approximate surface area is 76.6 Å². The zero-order valence-electron chi connectivity index (χ0n) is 7.78. The molecule has 0 amide bonds. The predicted octanol–water partition coefficient (Wildman–Crippen LogP) is 1.84. The molecule has 1 heterocycles. The van der Waals surface area contributed by atoms with Crippen LogP contribution in [-0.2, 0) is 13.5 Å². The van der Waals surface area contributed by atoms with Crippen LogP contribution in [0.25, 0.3) is 11.0 Å². The average molecular weight is 176 g/mol. The van der Waals surface area contributed by atoms with Crippen LogP contribution in [-0.4, -0.2) is 14.7 Å². The van der Waals surface area contributed by atoms with Crippen LogP contribution >= 0.6 is 0 Å². The summed E-state index contributed by atoms with van der Waals surface area (Å²) in [5, 5.41) is 9.53. The lowest BCUT2D eigenvalue weighted by molar-refractivity contribution is 0.480. The Morgan fingerprint density at radius 2 is 2.23 bits per heavy atom. The van der Waals surface area contributed by atoms with Gasteiger partial charge in [-0.2, -0.15) is 0 Å². The predicted molar refractivity (Wildman–Crippen MR) is 51.8 cm³/mol. The minimum absolute atomic E-state index is 0.257. The molecule has 0 bridgehead atoms. The molecule has 3 heteroatoms. The zero-order chi connectivity index (χ0) is 9.42. The molecule has 0 spiro atoms. The number of aromatic hydroxyl groups is 1. The van der Waals surface area contributed by atoms with Crippen LogP contribution in [0.4, 0.5) is 0 Å². The van der Waals surface area contributed by atoms with E-state index in [1.165, 1.54) is 0 Å². The summed E-state index contributed by atoms with van der Waals surface area (Å²) in [5.41, 5.74) is 1.68. The van der Waals surface area contributed by atoms with E-state index in [1.54, 1.807) is 6.07 Å². The van der Waals surface area contributed by atoms with Crippen LogP contribution in [0.1, 0.15) is 12.7 Å². The lowest BCUT2D eigenvalue weighted by atomic mass is 10.3. The first-order valence-electron chi connectivity index (χ1n) is 4.37. The molecule has 0 aliphatic heterocycles. The van der Waals surface area contributed by atoms with Gasteiger partial charge in [-0.1, -0.05) is 13.0 Å². The summed E-state index contributed by atoms with van der Waals surface area (Å²) >= 11 is 0. The van der Waals surface area contributed by atoms with Gasteiger partial charge in [0, 0.05) is 13.5 Å². The molecule has 3 nitrogen and oxygen atoms in total. The summed E-state index contributed by atoms with van der Waals surface area (Å²) in [5.74, 6) is 1.25. The minimum Gasteiger partial charge on any atom is -0.506 e. The van der Waals surface area contributed by atoms with E-state index in [4.69, 9.17) is 0 Å². The number of nitrogens with zero attached hydrogens (tertiary/aromatic N) is 2. The number of rotatable bonds is 1. The third-order valence-electron chi connectivity index (χ3n) is 2.30. The van der Waals surface area contributed by atoms with Crippen LogP contribution in [0.3, 0.4) is 0 Å². The molecule has 0 atom stereocenters. The number of phenolic OH excluding ortho intramolecular Hbond substituents is 1. The van der Waals surface area contributed by atoms with E-state index < -0.39 is 0 Å². The topological polar surface area (TPSA) is 38.1 Å². The minimum atomic E-state index is 0.257. The highest BCUT2D eigenvalue weighted by molar-refractivity contribution is 5.82. The van der Waals surface area contributed by atoms with Gasteiger partial charge in [-0.05, 0) is 12.1 Å².